The van der Waals surface area contributed by atoms with Crippen LogP contribution in [0.3, 0.4) is 0 Å². The highest BCUT2D eigenvalue weighted by Gasteiger charge is 2.02. The van der Waals surface area contributed by atoms with Gasteiger partial charge in [-0.15, -0.1) is 5.10 Å². The summed E-state index contributed by atoms with van der Waals surface area (Å²) >= 11 is 0. The van der Waals surface area contributed by atoms with Crippen molar-refractivity contribution in [2.24, 2.45) is 0 Å². The van der Waals surface area contributed by atoms with Gasteiger partial charge in [-0.25, -0.2) is 0 Å². The average molecular weight is 218 g/mol. The fourth-order valence-corrected chi connectivity index (χ4v) is 1.33. The normalized spacial score (nSPS) is 10.4. The third-order valence-electron chi connectivity index (χ3n) is 2.19. The van der Waals surface area contributed by atoms with E-state index in [1.165, 1.54) is 5.56 Å². The maximum atomic E-state index is 8.74. The molecule has 0 spiro atoms. The van der Waals surface area contributed by atoms with Gasteiger partial charge < -0.3 is 10.4 Å². The van der Waals surface area contributed by atoms with Crippen LogP contribution in [0.2, 0.25) is 0 Å². The van der Waals surface area contributed by atoms with Crippen molar-refractivity contribution in [1.82, 2.24) is 15.2 Å². The number of rotatable bonds is 4. The first-order chi connectivity index (χ1) is 7.78. The zero-order valence-electron chi connectivity index (χ0n) is 9.07. The van der Waals surface area contributed by atoms with Gasteiger partial charge in [-0.3, -0.25) is 5.10 Å². The molecule has 5 nitrogen and oxygen atoms in total. The predicted octanol–water partition coefficient (Wildman–Crippen LogP) is 1.39. The van der Waals surface area contributed by atoms with Crippen LogP contribution in [0.4, 0.5) is 11.6 Å². The number of nitrogens with one attached hydrogen (secondary N) is 2. The first-order valence-electron chi connectivity index (χ1n) is 5.14. The Bertz CT molecular complexity index is 449. The number of aromatic nitrogens is 3. The number of H-pyrrole nitrogens is 1. The molecule has 16 heavy (non-hydrogen) atoms. The van der Waals surface area contributed by atoms with Crippen LogP contribution in [0.1, 0.15) is 11.4 Å². The minimum absolute atomic E-state index is 0.0686. The lowest BCUT2D eigenvalue weighted by Gasteiger charge is -2.01. The second kappa shape index (κ2) is 4.76. The molecule has 2 rings (SSSR count). The first-order valence-corrected chi connectivity index (χ1v) is 5.14. The third kappa shape index (κ3) is 2.58. The van der Waals surface area contributed by atoms with E-state index in [-0.39, 0.29) is 6.61 Å². The second-order valence-corrected chi connectivity index (χ2v) is 3.57. The molecular weight excluding hydrogens is 204 g/mol. The van der Waals surface area contributed by atoms with Gasteiger partial charge in [0.25, 0.3) is 0 Å². The minimum Gasteiger partial charge on any atom is -0.396 e. The van der Waals surface area contributed by atoms with E-state index in [2.05, 4.69) is 20.5 Å². The van der Waals surface area contributed by atoms with E-state index in [0.29, 0.717) is 18.2 Å². The van der Waals surface area contributed by atoms with E-state index in [0.717, 1.165) is 5.69 Å². The van der Waals surface area contributed by atoms with Gasteiger partial charge in [-0.2, -0.15) is 4.98 Å². The van der Waals surface area contributed by atoms with Crippen molar-refractivity contribution >= 4 is 11.6 Å². The standard InChI is InChI=1S/C11H14N4O/c1-8-2-4-9(5-3-8)12-11-13-10(6-7-16)14-15-11/h2-5,16H,6-7H2,1H3,(H2,12,13,14,15). The van der Waals surface area contributed by atoms with Gasteiger partial charge >= 0.3 is 0 Å². The van der Waals surface area contributed by atoms with Crippen LogP contribution < -0.4 is 5.32 Å². The Morgan fingerprint density at radius 3 is 2.75 bits per heavy atom. The van der Waals surface area contributed by atoms with Crippen LogP contribution in [0.25, 0.3) is 0 Å². The number of nitrogens with zero attached hydrogens (tertiary/aromatic N) is 2. The van der Waals surface area contributed by atoms with Crippen LogP contribution in [0, 0.1) is 6.92 Å². The van der Waals surface area contributed by atoms with Crippen molar-refractivity contribution in [3.63, 3.8) is 0 Å². The lowest BCUT2D eigenvalue weighted by Crippen LogP contribution is -1.94. The molecule has 1 aromatic heterocycles. The highest BCUT2D eigenvalue weighted by Crippen LogP contribution is 2.13. The maximum Gasteiger partial charge on any atom is 0.246 e. The molecule has 5 heteroatoms. The second-order valence-electron chi connectivity index (χ2n) is 3.57. The lowest BCUT2D eigenvalue weighted by molar-refractivity contribution is 0.297. The summed E-state index contributed by atoms with van der Waals surface area (Å²) in [7, 11) is 0. The number of aromatic amines is 1. The summed E-state index contributed by atoms with van der Waals surface area (Å²) in [5.41, 5.74) is 2.15. The number of aliphatic hydroxyl groups excluding tert-OH is 1. The van der Waals surface area contributed by atoms with Crippen molar-refractivity contribution in [1.29, 1.82) is 0 Å². The number of aliphatic hydroxyl groups is 1. The fourth-order valence-electron chi connectivity index (χ4n) is 1.33. The molecule has 0 saturated carbocycles. The van der Waals surface area contributed by atoms with Gasteiger partial charge in [0.15, 0.2) is 0 Å². The van der Waals surface area contributed by atoms with Crippen LogP contribution in [0.15, 0.2) is 24.3 Å². The van der Waals surface area contributed by atoms with Crippen molar-refractivity contribution < 1.29 is 5.11 Å². The Labute approximate surface area is 93.5 Å². The fraction of sp³-hybridized carbons (Fsp3) is 0.273. The smallest absolute Gasteiger partial charge is 0.246 e. The van der Waals surface area contributed by atoms with E-state index in [1.807, 2.05) is 31.2 Å². The monoisotopic (exact) mass is 218 g/mol. The first kappa shape index (κ1) is 10.6. The molecule has 0 unspecified atom stereocenters. The summed E-state index contributed by atoms with van der Waals surface area (Å²) in [6.45, 7) is 2.11. The molecule has 0 amide bonds. The average Bonchev–Trinajstić information content (AvgIpc) is 2.70. The number of benzene rings is 1. The quantitative estimate of drug-likeness (QED) is 0.725. The Hall–Kier alpha value is -1.88. The van der Waals surface area contributed by atoms with Gasteiger partial charge in [-0.1, -0.05) is 17.7 Å². The summed E-state index contributed by atoms with van der Waals surface area (Å²) in [5.74, 6) is 1.20. The van der Waals surface area contributed by atoms with E-state index < -0.39 is 0 Å². The molecule has 0 bridgehead atoms. The molecule has 0 radical (unpaired) electrons. The molecule has 1 heterocycles. The highest BCUT2D eigenvalue weighted by molar-refractivity contribution is 5.53. The molecule has 0 aliphatic heterocycles. The zero-order chi connectivity index (χ0) is 11.4. The predicted molar refractivity (Wildman–Crippen MR) is 61.6 cm³/mol. The Balaban J connectivity index is 2.05. The van der Waals surface area contributed by atoms with E-state index >= 15 is 0 Å². The molecule has 2 aromatic rings. The summed E-state index contributed by atoms with van der Waals surface area (Å²) < 4.78 is 0. The SMILES string of the molecule is Cc1ccc(Nc2n[nH]c(CCO)n2)cc1. The van der Waals surface area contributed by atoms with Crippen LogP contribution >= 0.6 is 0 Å². The number of aryl methyl sites for hydroxylation is 1. The van der Waals surface area contributed by atoms with Gasteiger partial charge in [0.2, 0.25) is 5.95 Å². The van der Waals surface area contributed by atoms with Gasteiger partial charge in [0.05, 0.1) is 6.61 Å². The zero-order valence-corrected chi connectivity index (χ0v) is 9.07. The Morgan fingerprint density at radius 1 is 1.31 bits per heavy atom. The van der Waals surface area contributed by atoms with Crippen LogP contribution in [-0.2, 0) is 6.42 Å². The van der Waals surface area contributed by atoms with Gasteiger partial charge in [0.1, 0.15) is 5.82 Å². The van der Waals surface area contributed by atoms with Gasteiger partial charge in [0, 0.05) is 12.1 Å². The van der Waals surface area contributed by atoms with Gasteiger partial charge in [-0.05, 0) is 19.1 Å². The minimum atomic E-state index is 0.0686. The largest absolute Gasteiger partial charge is 0.396 e. The summed E-state index contributed by atoms with van der Waals surface area (Å²) in [6, 6.07) is 7.97. The van der Waals surface area contributed by atoms with Crippen molar-refractivity contribution in [3.8, 4) is 0 Å². The topological polar surface area (TPSA) is 73.8 Å². The lowest BCUT2D eigenvalue weighted by atomic mass is 10.2. The molecule has 0 atom stereocenters. The molecule has 0 fully saturated rings. The van der Waals surface area contributed by atoms with E-state index in [9.17, 15) is 0 Å². The number of anilines is 2. The Kier molecular flexibility index (Phi) is 3.16. The molecule has 0 aliphatic rings. The summed E-state index contributed by atoms with van der Waals surface area (Å²) in [6.07, 6.45) is 0.489. The molecule has 0 saturated heterocycles. The van der Waals surface area contributed by atoms with Crippen LogP contribution in [0.5, 0.6) is 0 Å². The summed E-state index contributed by atoms with van der Waals surface area (Å²) in [5, 5.41) is 18.6. The highest BCUT2D eigenvalue weighted by atomic mass is 16.3. The van der Waals surface area contributed by atoms with Crippen molar-refractivity contribution in [2.45, 2.75) is 13.3 Å². The van der Waals surface area contributed by atoms with Crippen molar-refractivity contribution in [3.05, 3.63) is 35.7 Å². The molecule has 0 aliphatic carbocycles. The van der Waals surface area contributed by atoms with Crippen LogP contribution in [-0.4, -0.2) is 26.9 Å². The van der Waals surface area contributed by atoms with E-state index in [4.69, 9.17) is 5.11 Å². The molecular formula is C11H14N4O. The molecule has 1 aromatic carbocycles. The molecule has 3 N–H and O–H groups in total. The summed E-state index contributed by atoms with van der Waals surface area (Å²) in [4.78, 5) is 4.18. The Morgan fingerprint density at radius 2 is 2.06 bits per heavy atom. The third-order valence-corrected chi connectivity index (χ3v) is 2.19. The van der Waals surface area contributed by atoms with E-state index in [1.54, 1.807) is 0 Å². The van der Waals surface area contributed by atoms with Crippen molar-refractivity contribution in [2.75, 3.05) is 11.9 Å². The maximum absolute atomic E-state index is 8.74. The number of hydrogen-bond donors (Lipinski definition) is 3. The number of hydrogen-bond acceptors (Lipinski definition) is 4. The molecule has 84 valence electrons.